The van der Waals surface area contributed by atoms with Gasteiger partial charge in [-0.05, 0) is 25.7 Å². The van der Waals surface area contributed by atoms with E-state index in [9.17, 15) is 0 Å². The van der Waals surface area contributed by atoms with E-state index in [2.05, 4.69) is 48.6 Å². The molecule has 0 amide bonds. The summed E-state index contributed by atoms with van der Waals surface area (Å²) in [5.41, 5.74) is 0. The number of rotatable bonds is 0. The van der Waals surface area contributed by atoms with Crippen LogP contribution in [0.15, 0.2) is 122 Å². The molecule has 0 aromatic carbocycles. The van der Waals surface area contributed by atoms with E-state index in [0.717, 1.165) is 12.8 Å². The van der Waals surface area contributed by atoms with Crippen molar-refractivity contribution >= 4 is 0 Å². The highest BCUT2D eigenvalue weighted by molar-refractivity contribution is 5.22. The molecule has 0 atom stereocenters. The minimum Gasteiger partial charge on any atom is -0.0845 e. The van der Waals surface area contributed by atoms with Crippen molar-refractivity contribution in [1.29, 1.82) is 0 Å². The summed E-state index contributed by atoms with van der Waals surface area (Å²) >= 11 is 0. The van der Waals surface area contributed by atoms with Gasteiger partial charge < -0.3 is 0 Å². The standard InChI is InChI=1S/C24H28/c1-2-4-6-8-10-12-14-16-18-20-22-24-23-21-19-17-15-13-11-9-7-5-3-1/h1-20H,21-24H2. The van der Waals surface area contributed by atoms with Gasteiger partial charge >= 0.3 is 0 Å². The average molecular weight is 316 g/mol. The van der Waals surface area contributed by atoms with Crippen molar-refractivity contribution in [2.24, 2.45) is 0 Å². The summed E-state index contributed by atoms with van der Waals surface area (Å²) in [5, 5.41) is 0. The molecule has 0 unspecified atom stereocenters. The molecular weight excluding hydrogens is 288 g/mol. The molecule has 0 spiro atoms. The summed E-state index contributed by atoms with van der Waals surface area (Å²) in [6.07, 6.45) is 46.0. The first-order chi connectivity index (χ1) is 12.0. The van der Waals surface area contributed by atoms with Crippen molar-refractivity contribution in [3.05, 3.63) is 122 Å². The predicted octanol–water partition coefficient (Wildman–Crippen LogP) is 7.12. The lowest BCUT2D eigenvalue weighted by Crippen LogP contribution is -1.71. The van der Waals surface area contributed by atoms with E-state index in [-0.39, 0.29) is 0 Å². The van der Waals surface area contributed by atoms with E-state index >= 15 is 0 Å². The highest BCUT2D eigenvalue weighted by atomic mass is 13.9. The van der Waals surface area contributed by atoms with Gasteiger partial charge in [-0.25, -0.2) is 0 Å². The lowest BCUT2D eigenvalue weighted by Gasteiger charge is -1.91. The van der Waals surface area contributed by atoms with E-state index in [4.69, 9.17) is 0 Å². The van der Waals surface area contributed by atoms with Gasteiger partial charge in [0.2, 0.25) is 0 Å². The first-order valence-electron chi connectivity index (χ1n) is 8.65. The maximum Gasteiger partial charge on any atom is -0.0347 e. The van der Waals surface area contributed by atoms with Gasteiger partial charge in [-0.1, -0.05) is 122 Å². The third-order valence-corrected chi connectivity index (χ3v) is 3.15. The van der Waals surface area contributed by atoms with E-state index < -0.39 is 0 Å². The molecule has 0 N–H and O–H groups in total. The largest absolute Gasteiger partial charge is 0.0845 e. The fraction of sp³-hybridized carbons (Fsp3) is 0.167. The lowest BCUT2D eigenvalue weighted by molar-refractivity contribution is 0.762. The van der Waals surface area contributed by atoms with Crippen LogP contribution in [0, 0.1) is 0 Å². The molecule has 1 aliphatic rings. The van der Waals surface area contributed by atoms with Crippen LogP contribution >= 0.6 is 0 Å². The molecule has 0 aromatic rings. The Hall–Kier alpha value is -2.60. The zero-order chi connectivity index (χ0) is 17.0. The van der Waals surface area contributed by atoms with Crippen LogP contribution in [-0.2, 0) is 0 Å². The minimum atomic E-state index is 1.14. The van der Waals surface area contributed by atoms with Crippen LogP contribution in [0.2, 0.25) is 0 Å². The Balaban J connectivity index is 2.54. The molecule has 124 valence electrons. The molecule has 0 fully saturated rings. The Bertz CT molecular complexity index is 528. The molecule has 0 saturated carbocycles. The Morgan fingerprint density at radius 1 is 0.250 bits per heavy atom. The summed E-state index contributed by atoms with van der Waals surface area (Å²) in [4.78, 5) is 0. The quantitative estimate of drug-likeness (QED) is 0.446. The van der Waals surface area contributed by atoms with Crippen molar-refractivity contribution in [3.63, 3.8) is 0 Å². The average Bonchev–Trinajstić information content (AvgIpc) is 2.59. The van der Waals surface area contributed by atoms with Crippen molar-refractivity contribution in [2.75, 3.05) is 0 Å². The Kier molecular flexibility index (Phi) is 13.6. The second-order valence-corrected chi connectivity index (χ2v) is 5.22. The smallest absolute Gasteiger partial charge is 0.0347 e. The first-order valence-corrected chi connectivity index (χ1v) is 8.65. The Labute approximate surface area is 147 Å². The van der Waals surface area contributed by atoms with Crippen LogP contribution in [0.25, 0.3) is 0 Å². The normalized spacial score (nSPS) is 17.3. The van der Waals surface area contributed by atoms with Crippen LogP contribution in [0.4, 0.5) is 0 Å². The van der Waals surface area contributed by atoms with Crippen LogP contribution in [0.1, 0.15) is 25.7 Å². The maximum atomic E-state index is 2.23. The van der Waals surface area contributed by atoms with Gasteiger partial charge in [0.05, 0.1) is 0 Å². The summed E-state index contributed by atoms with van der Waals surface area (Å²) in [6.45, 7) is 0. The van der Waals surface area contributed by atoms with Gasteiger partial charge in [0.15, 0.2) is 0 Å². The molecule has 1 aliphatic carbocycles. The molecule has 0 nitrogen and oxygen atoms in total. The van der Waals surface area contributed by atoms with Gasteiger partial charge in [0.1, 0.15) is 0 Å². The van der Waals surface area contributed by atoms with Crippen molar-refractivity contribution < 1.29 is 0 Å². The van der Waals surface area contributed by atoms with Crippen molar-refractivity contribution in [1.82, 2.24) is 0 Å². The second-order valence-electron chi connectivity index (χ2n) is 5.22. The molecule has 0 bridgehead atoms. The van der Waals surface area contributed by atoms with Crippen LogP contribution in [-0.4, -0.2) is 0 Å². The van der Waals surface area contributed by atoms with Gasteiger partial charge in [-0.2, -0.15) is 0 Å². The molecule has 0 heterocycles. The van der Waals surface area contributed by atoms with Crippen molar-refractivity contribution in [3.8, 4) is 0 Å². The summed E-state index contributed by atoms with van der Waals surface area (Å²) < 4.78 is 0. The molecular formula is C24H28. The predicted molar refractivity (Wildman–Crippen MR) is 110 cm³/mol. The van der Waals surface area contributed by atoms with Crippen LogP contribution < -0.4 is 0 Å². The third-order valence-electron chi connectivity index (χ3n) is 3.15. The highest BCUT2D eigenvalue weighted by Gasteiger charge is 1.82. The van der Waals surface area contributed by atoms with Gasteiger partial charge in [0.25, 0.3) is 0 Å². The van der Waals surface area contributed by atoms with Crippen LogP contribution in [0.5, 0.6) is 0 Å². The Morgan fingerprint density at radius 3 is 0.708 bits per heavy atom. The maximum absolute atomic E-state index is 2.23. The van der Waals surface area contributed by atoms with Gasteiger partial charge in [0, 0.05) is 0 Å². The second kappa shape index (κ2) is 16.8. The number of hydrogen-bond donors (Lipinski definition) is 0. The molecule has 0 aromatic heterocycles. The monoisotopic (exact) mass is 316 g/mol. The van der Waals surface area contributed by atoms with Crippen LogP contribution in [0.3, 0.4) is 0 Å². The zero-order valence-electron chi connectivity index (χ0n) is 14.4. The number of hydrogen-bond acceptors (Lipinski definition) is 0. The molecule has 0 aliphatic heterocycles. The first kappa shape index (κ1) is 19.4. The molecule has 24 heavy (non-hydrogen) atoms. The van der Waals surface area contributed by atoms with E-state index in [1.54, 1.807) is 0 Å². The molecule has 0 heteroatoms. The molecule has 0 saturated heterocycles. The van der Waals surface area contributed by atoms with E-state index in [0.29, 0.717) is 0 Å². The fourth-order valence-electron chi connectivity index (χ4n) is 1.90. The number of allylic oxidation sites excluding steroid dienone is 20. The lowest BCUT2D eigenvalue weighted by atomic mass is 10.2. The fourth-order valence-corrected chi connectivity index (χ4v) is 1.90. The molecule has 1 rings (SSSR count). The highest BCUT2D eigenvalue weighted by Crippen LogP contribution is 2.02. The Morgan fingerprint density at radius 2 is 0.458 bits per heavy atom. The van der Waals surface area contributed by atoms with Gasteiger partial charge in [-0.3, -0.25) is 0 Å². The molecule has 0 radical (unpaired) electrons. The SMILES string of the molecule is C1=CC=CC=CC=CC=CCCCCC=CC=CC=CC=CC=C1. The third kappa shape index (κ3) is 14.3. The zero-order valence-corrected chi connectivity index (χ0v) is 14.4. The minimum absolute atomic E-state index is 1.14. The summed E-state index contributed by atoms with van der Waals surface area (Å²) in [5.74, 6) is 0. The van der Waals surface area contributed by atoms with Gasteiger partial charge in [-0.15, -0.1) is 0 Å². The van der Waals surface area contributed by atoms with E-state index in [1.165, 1.54) is 12.8 Å². The summed E-state index contributed by atoms with van der Waals surface area (Å²) in [6, 6.07) is 0. The van der Waals surface area contributed by atoms with Crippen molar-refractivity contribution in [2.45, 2.75) is 25.7 Å². The summed E-state index contributed by atoms with van der Waals surface area (Å²) in [7, 11) is 0. The topological polar surface area (TPSA) is 0 Å². The van der Waals surface area contributed by atoms with E-state index in [1.807, 2.05) is 72.9 Å².